The molecule has 3 aromatic rings. The van der Waals surface area contributed by atoms with Gasteiger partial charge in [-0.05, 0) is 69.4 Å². The normalized spacial score (nSPS) is 15.3. The fourth-order valence-electron chi connectivity index (χ4n) is 4.68. The third kappa shape index (κ3) is 6.23. The SMILES string of the molecule is O=CN(c1cc2ccccc2[nH]1)[C@@H](CCCN1CCCCC1)C(=O)NCCc1ccccc1. The summed E-state index contributed by atoms with van der Waals surface area (Å²) in [4.78, 5) is 32.8. The summed E-state index contributed by atoms with van der Waals surface area (Å²) in [7, 11) is 0. The fourth-order valence-corrected chi connectivity index (χ4v) is 4.68. The number of nitrogens with zero attached hydrogens (tertiary/aromatic N) is 2. The molecule has 0 radical (unpaired) electrons. The topological polar surface area (TPSA) is 68.4 Å². The molecule has 2 amide bonds. The molecule has 6 heteroatoms. The zero-order chi connectivity index (χ0) is 22.9. The van der Waals surface area contributed by atoms with Crippen molar-refractivity contribution >= 4 is 29.0 Å². The average molecular weight is 447 g/mol. The van der Waals surface area contributed by atoms with E-state index in [1.165, 1.54) is 24.8 Å². The van der Waals surface area contributed by atoms with E-state index in [0.717, 1.165) is 49.8 Å². The third-order valence-electron chi connectivity index (χ3n) is 6.50. The van der Waals surface area contributed by atoms with Crippen molar-refractivity contribution in [2.75, 3.05) is 31.1 Å². The Morgan fingerprint density at radius 1 is 1.06 bits per heavy atom. The lowest BCUT2D eigenvalue weighted by Gasteiger charge is -2.29. The van der Waals surface area contributed by atoms with Crippen molar-refractivity contribution in [3.8, 4) is 0 Å². The summed E-state index contributed by atoms with van der Waals surface area (Å²) in [5, 5.41) is 4.10. The van der Waals surface area contributed by atoms with Crippen LogP contribution in [-0.4, -0.2) is 54.4 Å². The Labute approximate surface area is 196 Å². The van der Waals surface area contributed by atoms with Crippen molar-refractivity contribution in [2.24, 2.45) is 0 Å². The number of carbonyl (C=O) groups excluding carboxylic acids is 2. The van der Waals surface area contributed by atoms with E-state index in [-0.39, 0.29) is 5.91 Å². The first-order valence-electron chi connectivity index (χ1n) is 12.1. The van der Waals surface area contributed by atoms with Crippen molar-refractivity contribution in [3.05, 3.63) is 66.2 Å². The maximum Gasteiger partial charge on any atom is 0.243 e. The van der Waals surface area contributed by atoms with Crippen molar-refractivity contribution in [1.82, 2.24) is 15.2 Å². The molecular formula is C27H34N4O2. The number of piperidine rings is 1. The number of anilines is 1. The van der Waals surface area contributed by atoms with Gasteiger partial charge in [-0.15, -0.1) is 0 Å². The van der Waals surface area contributed by atoms with E-state index < -0.39 is 6.04 Å². The van der Waals surface area contributed by atoms with Crippen molar-refractivity contribution < 1.29 is 9.59 Å². The minimum atomic E-state index is -0.545. The monoisotopic (exact) mass is 446 g/mol. The van der Waals surface area contributed by atoms with Crippen LogP contribution in [0.2, 0.25) is 0 Å². The molecule has 2 N–H and O–H groups in total. The number of para-hydroxylation sites is 1. The molecule has 0 saturated carbocycles. The van der Waals surface area contributed by atoms with Crippen LogP contribution >= 0.6 is 0 Å². The van der Waals surface area contributed by atoms with Crippen molar-refractivity contribution in [2.45, 2.75) is 44.6 Å². The molecule has 2 aromatic carbocycles. The maximum atomic E-state index is 13.3. The summed E-state index contributed by atoms with van der Waals surface area (Å²) in [5.74, 6) is 0.558. The van der Waals surface area contributed by atoms with Gasteiger partial charge in [0, 0.05) is 17.4 Å². The van der Waals surface area contributed by atoms with Gasteiger partial charge in [0.25, 0.3) is 0 Å². The number of carbonyl (C=O) groups is 2. The van der Waals surface area contributed by atoms with Gasteiger partial charge in [0.1, 0.15) is 11.9 Å². The smallest absolute Gasteiger partial charge is 0.243 e. The van der Waals surface area contributed by atoms with Gasteiger partial charge in [-0.1, -0.05) is 55.0 Å². The number of rotatable bonds is 11. The molecule has 0 spiro atoms. The van der Waals surface area contributed by atoms with Gasteiger partial charge >= 0.3 is 0 Å². The number of hydrogen-bond donors (Lipinski definition) is 2. The number of H-pyrrole nitrogens is 1. The van der Waals surface area contributed by atoms with Crippen LogP contribution in [-0.2, 0) is 16.0 Å². The molecule has 1 aliphatic rings. The van der Waals surface area contributed by atoms with Gasteiger partial charge in [0.2, 0.25) is 12.3 Å². The molecule has 1 fully saturated rings. The minimum absolute atomic E-state index is 0.102. The number of fused-ring (bicyclic) bond motifs is 1. The molecule has 1 saturated heterocycles. The third-order valence-corrected chi connectivity index (χ3v) is 6.50. The Bertz CT molecular complexity index is 994. The van der Waals surface area contributed by atoms with Crippen LogP contribution in [0.1, 0.15) is 37.7 Å². The summed E-state index contributed by atoms with van der Waals surface area (Å²) >= 11 is 0. The van der Waals surface area contributed by atoms with Crippen LogP contribution < -0.4 is 10.2 Å². The molecule has 0 aliphatic carbocycles. The highest BCUT2D eigenvalue weighted by molar-refractivity contribution is 5.94. The van der Waals surface area contributed by atoms with E-state index in [9.17, 15) is 9.59 Å². The van der Waals surface area contributed by atoms with Crippen LogP contribution in [0.3, 0.4) is 0 Å². The average Bonchev–Trinajstić information content (AvgIpc) is 3.28. The minimum Gasteiger partial charge on any atom is -0.354 e. The van der Waals surface area contributed by atoms with Crippen LogP contribution in [0, 0.1) is 0 Å². The van der Waals surface area contributed by atoms with Crippen molar-refractivity contribution in [3.63, 3.8) is 0 Å². The highest BCUT2D eigenvalue weighted by Gasteiger charge is 2.27. The lowest BCUT2D eigenvalue weighted by molar-refractivity contribution is -0.124. The zero-order valence-electron chi connectivity index (χ0n) is 19.2. The maximum absolute atomic E-state index is 13.3. The fraction of sp³-hybridized carbons (Fsp3) is 0.407. The molecule has 33 heavy (non-hydrogen) atoms. The van der Waals surface area contributed by atoms with E-state index in [2.05, 4.69) is 27.3 Å². The second-order valence-corrected chi connectivity index (χ2v) is 8.84. The van der Waals surface area contributed by atoms with Gasteiger partial charge in [-0.3, -0.25) is 14.5 Å². The quantitative estimate of drug-likeness (QED) is 0.435. The first kappa shape index (κ1) is 23.1. The molecule has 0 unspecified atom stereocenters. The number of aromatic nitrogens is 1. The van der Waals surface area contributed by atoms with E-state index >= 15 is 0 Å². The van der Waals surface area contributed by atoms with Crippen LogP contribution in [0.15, 0.2) is 60.7 Å². The van der Waals surface area contributed by atoms with E-state index in [1.807, 2.05) is 48.5 Å². The summed E-state index contributed by atoms with van der Waals surface area (Å²) in [6.45, 7) is 3.78. The molecular weight excluding hydrogens is 412 g/mol. The Balaban J connectivity index is 1.44. The first-order chi connectivity index (χ1) is 16.2. The summed E-state index contributed by atoms with van der Waals surface area (Å²) in [5.41, 5.74) is 2.14. The van der Waals surface area contributed by atoms with Crippen LogP contribution in [0.25, 0.3) is 10.9 Å². The van der Waals surface area contributed by atoms with Gasteiger partial charge in [-0.2, -0.15) is 0 Å². The number of benzene rings is 2. The summed E-state index contributed by atoms with van der Waals surface area (Å²) in [6.07, 6.45) is 6.86. The van der Waals surface area contributed by atoms with Crippen LogP contribution in [0.4, 0.5) is 5.82 Å². The Morgan fingerprint density at radius 2 is 1.82 bits per heavy atom. The number of nitrogens with one attached hydrogen (secondary N) is 2. The molecule has 0 bridgehead atoms. The summed E-state index contributed by atoms with van der Waals surface area (Å²) in [6, 6.07) is 19.4. The number of likely N-dealkylation sites (tertiary alicyclic amines) is 1. The van der Waals surface area contributed by atoms with E-state index in [4.69, 9.17) is 0 Å². The predicted molar refractivity (Wildman–Crippen MR) is 133 cm³/mol. The Morgan fingerprint density at radius 3 is 2.58 bits per heavy atom. The first-order valence-corrected chi connectivity index (χ1v) is 12.1. The molecule has 1 aromatic heterocycles. The second-order valence-electron chi connectivity index (χ2n) is 8.84. The lowest BCUT2D eigenvalue weighted by atomic mass is 10.1. The van der Waals surface area contributed by atoms with Crippen LogP contribution in [0.5, 0.6) is 0 Å². The number of hydrogen-bond acceptors (Lipinski definition) is 3. The molecule has 4 rings (SSSR count). The van der Waals surface area contributed by atoms with E-state index in [1.54, 1.807) is 4.90 Å². The molecule has 6 nitrogen and oxygen atoms in total. The highest BCUT2D eigenvalue weighted by Crippen LogP contribution is 2.24. The summed E-state index contributed by atoms with van der Waals surface area (Å²) < 4.78 is 0. The predicted octanol–water partition coefficient (Wildman–Crippen LogP) is 4.12. The molecule has 2 heterocycles. The van der Waals surface area contributed by atoms with Gasteiger partial charge in [-0.25, -0.2) is 0 Å². The molecule has 1 aliphatic heterocycles. The highest BCUT2D eigenvalue weighted by atomic mass is 16.2. The molecule has 174 valence electrons. The second kappa shape index (κ2) is 11.7. The number of amides is 2. The van der Waals surface area contributed by atoms with Gasteiger partial charge < -0.3 is 15.2 Å². The van der Waals surface area contributed by atoms with Gasteiger partial charge in [0.15, 0.2) is 0 Å². The standard InChI is InChI=1S/C27H34N4O2/c32-21-31(26-20-23-12-5-6-13-24(23)29-26)25(14-9-19-30-17-7-2-8-18-30)27(33)28-16-15-22-10-3-1-4-11-22/h1,3-6,10-13,20-21,25,29H,2,7-9,14-19H2,(H,28,33)/t25-/m0/s1. The number of aromatic amines is 1. The van der Waals surface area contributed by atoms with E-state index in [0.29, 0.717) is 18.8 Å². The van der Waals surface area contributed by atoms with Gasteiger partial charge in [0.05, 0.1) is 0 Å². The Kier molecular flexibility index (Phi) is 8.14. The molecule has 1 atom stereocenters. The Hall–Kier alpha value is -3.12. The zero-order valence-corrected chi connectivity index (χ0v) is 19.2. The largest absolute Gasteiger partial charge is 0.354 e. The van der Waals surface area contributed by atoms with Crippen molar-refractivity contribution in [1.29, 1.82) is 0 Å². The lowest BCUT2D eigenvalue weighted by Crippen LogP contribution is -2.47.